The minimum absolute atomic E-state index is 0.0871. The Morgan fingerprint density at radius 3 is 2.47 bits per heavy atom. The smallest absolute Gasteiger partial charge is 0.321 e. The fourth-order valence-corrected chi connectivity index (χ4v) is 5.64. The first-order chi connectivity index (χ1) is 18.5. The Morgan fingerprint density at radius 1 is 0.974 bits per heavy atom. The van der Waals surface area contributed by atoms with Crippen LogP contribution in [0.5, 0.6) is 11.5 Å². The van der Waals surface area contributed by atoms with Gasteiger partial charge in [0, 0.05) is 38.2 Å². The van der Waals surface area contributed by atoms with Crippen LogP contribution in [0.25, 0.3) is 0 Å². The number of hydrogen-bond acceptors (Lipinski definition) is 5. The number of piperidine rings is 1. The third kappa shape index (κ3) is 4.79. The SMILES string of the molecule is Cc1ccc(NC(=O)N2CCC3(CC2)NC(Cc2ccccc2)C(=O)N3Cc2ccc3c(c2)OCO3)cc1. The molecule has 0 aliphatic carbocycles. The van der Waals surface area contributed by atoms with Crippen molar-refractivity contribution >= 4 is 17.6 Å². The summed E-state index contributed by atoms with van der Waals surface area (Å²) in [5.41, 5.74) is 3.51. The molecule has 0 radical (unpaired) electrons. The van der Waals surface area contributed by atoms with Crippen LogP contribution in [0.4, 0.5) is 10.5 Å². The summed E-state index contributed by atoms with van der Waals surface area (Å²) in [6.07, 6.45) is 1.92. The van der Waals surface area contributed by atoms with E-state index in [2.05, 4.69) is 22.8 Å². The van der Waals surface area contributed by atoms with E-state index < -0.39 is 5.66 Å². The van der Waals surface area contributed by atoms with Gasteiger partial charge in [-0.05, 0) is 48.7 Å². The lowest BCUT2D eigenvalue weighted by Gasteiger charge is -2.44. The minimum Gasteiger partial charge on any atom is -0.454 e. The number of aryl methyl sites for hydroxylation is 1. The molecule has 3 heterocycles. The largest absolute Gasteiger partial charge is 0.454 e. The van der Waals surface area contributed by atoms with Gasteiger partial charge in [0.05, 0.1) is 11.7 Å². The number of nitrogens with zero attached hydrogens (tertiary/aromatic N) is 2. The molecule has 0 bridgehead atoms. The first-order valence-electron chi connectivity index (χ1n) is 13.1. The summed E-state index contributed by atoms with van der Waals surface area (Å²) in [4.78, 5) is 30.6. The predicted octanol–water partition coefficient (Wildman–Crippen LogP) is 4.29. The summed E-state index contributed by atoms with van der Waals surface area (Å²) in [6.45, 7) is 3.79. The second kappa shape index (κ2) is 10.0. The molecule has 2 fully saturated rings. The van der Waals surface area contributed by atoms with Gasteiger partial charge in [-0.15, -0.1) is 0 Å². The van der Waals surface area contributed by atoms with Crippen LogP contribution in [0.1, 0.15) is 29.5 Å². The Morgan fingerprint density at radius 2 is 1.71 bits per heavy atom. The molecule has 0 saturated carbocycles. The molecule has 38 heavy (non-hydrogen) atoms. The van der Waals surface area contributed by atoms with Crippen LogP contribution in [-0.4, -0.2) is 53.3 Å². The predicted molar refractivity (Wildman–Crippen MR) is 144 cm³/mol. The van der Waals surface area contributed by atoms with Gasteiger partial charge in [0.2, 0.25) is 12.7 Å². The monoisotopic (exact) mass is 512 g/mol. The molecular weight excluding hydrogens is 480 g/mol. The minimum atomic E-state index is -0.520. The van der Waals surface area contributed by atoms with E-state index in [-0.39, 0.29) is 24.8 Å². The van der Waals surface area contributed by atoms with Crippen LogP contribution in [-0.2, 0) is 17.8 Å². The molecule has 1 atom stereocenters. The highest BCUT2D eigenvalue weighted by Crippen LogP contribution is 2.37. The Labute approximate surface area is 222 Å². The highest BCUT2D eigenvalue weighted by Gasteiger charge is 2.51. The van der Waals surface area contributed by atoms with Gasteiger partial charge in [-0.25, -0.2) is 4.79 Å². The van der Waals surface area contributed by atoms with Gasteiger partial charge in [0.25, 0.3) is 0 Å². The summed E-state index contributed by atoms with van der Waals surface area (Å²) >= 11 is 0. The first-order valence-corrected chi connectivity index (χ1v) is 13.1. The maximum Gasteiger partial charge on any atom is 0.321 e. The van der Waals surface area contributed by atoms with Gasteiger partial charge in [-0.2, -0.15) is 0 Å². The van der Waals surface area contributed by atoms with Crippen molar-refractivity contribution in [2.24, 2.45) is 0 Å². The molecule has 196 valence electrons. The lowest BCUT2D eigenvalue weighted by molar-refractivity contribution is -0.134. The molecule has 1 unspecified atom stereocenters. The van der Waals surface area contributed by atoms with Gasteiger partial charge in [-0.1, -0.05) is 54.1 Å². The van der Waals surface area contributed by atoms with Crippen LogP contribution in [0.3, 0.4) is 0 Å². The second-order valence-corrected chi connectivity index (χ2v) is 10.3. The number of likely N-dealkylation sites (tertiary alicyclic amines) is 1. The van der Waals surface area contributed by atoms with Gasteiger partial charge in [0.1, 0.15) is 0 Å². The number of hydrogen-bond donors (Lipinski definition) is 2. The molecule has 3 aromatic rings. The lowest BCUT2D eigenvalue weighted by atomic mass is 9.95. The zero-order valence-corrected chi connectivity index (χ0v) is 21.5. The third-order valence-corrected chi connectivity index (χ3v) is 7.76. The molecule has 2 saturated heterocycles. The van der Waals surface area contributed by atoms with E-state index in [1.165, 1.54) is 0 Å². The van der Waals surface area contributed by atoms with E-state index in [9.17, 15) is 9.59 Å². The number of fused-ring (bicyclic) bond motifs is 1. The molecule has 3 aliphatic rings. The normalized spacial score (nSPS) is 19.7. The maximum absolute atomic E-state index is 13.8. The molecule has 2 N–H and O–H groups in total. The Kier molecular flexibility index (Phi) is 6.41. The Balaban J connectivity index is 1.20. The molecule has 3 amide bonds. The van der Waals surface area contributed by atoms with Gasteiger partial charge in [-0.3, -0.25) is 10.1 Å². The molecule has 8 heteroatoms. The van der Waals surface area contributed by atoms with Crippen LogP contribution in [0.2, 0.25) is 0 Å². The fraction of sp³-hybridized carbons (Fsp3) is 0.333. The second-order valence-electron chi connectivity index (χ2n) is 10.3. The van der Waals surface area contributed by atoms with Crippen molar-refractivity contribution in [1.29, 1.82) is 0 Å². The van der Waals surface area contributed by atoms with Crippen molar-refractivity contribution in [2.45, 2.75) is 44.4 Å². The topological polar surface area (TPSA) is 83.1 Å². The van der Waals surface area contributed by atoms with E-state index in [0.717, 1.165) is 28.1 Å². The summed E-state index contributed by atoms with van der Waals surface area (Å²) < 4.78 is 11.0. The fourth-order valence-electron chi connectivity index (χ4n) is 5.64. The molecule has 0 aromatic heterocycles. The van der Waals surface area contributed by atoms with E-state index in [0.29, 0.717) is 44.6 Å². The molecule has 3 aromatic carbocycles. The summed E-state index contributed by atoms with van der Waals surface area (Å²) in [6, 6.07) is 23.3. The highest BCUT2D eigenvalue weighted by molar-refractivity contribution is 5.89. The lowest BCUT2D eigenvalue weighted by Crippen LogP contribution is -2.59. The average molecular weight is 513 g/mol. The number of nitrogens with one attached hydrogen (secondary N) is 2. The number of anilines is 1. The summed E-state index contributed by atoms with van der Waals surface area (Å²) in [7, 11) is 0. The highest BCUT2D eigenvalue weighted by atomic mass is 16.7. The van der Waals surface area contributed by atoms with E-state index in [4.69, 9.17) is 9.47 Å². The van der Waals surface area contributed by atoms with Gasteiger partial charge < -0.3 is 24.6 Å². The quantitative estimate of drug-likeness (QED) is 0.533. The molecular formula is C30H32N4O4. The number of urea groups is 1. The van der Waals surface area contributed by atoms with Crippen molar-refractivity contribution in [3.05, 3.63) is 89.5 Å². The third-order valence-electron chi connectivity index (χ3n) is 7.76. The standard InChI is InChI=1S/C30H32N4O4/c1-21-7-10-24(11-8-21)31-29(36)33-15-13-30(14-16-33)32-25(17-22-5-3-2-4-6-22)28(35)34(30)19-23-9-12-26-27(18-23)38-20-37-26/h2-12,18,25,32H,13-17,19-20H2,1H3,(H,31,36). The van der Waals surface area contributed by atoms with Crippen LogP contribution in [0.15, 0.2) is 72.8 Å². The van der Waals surface area contributed by atoms with Gasteiger partial charge >= 0.3 is 6.03 Å². The van der Waals surface area contributed by atoms with E-state index in [1.54, 1.807) is 0 Å². The zero-order chi connectivity index (χ0) is 26.1. The number of carbonyl (C=O) groups is 2. The Bertz CT molecular complexity index is 1320. The van der Waals surface area contributed by atoms with Crippen molar-refractivity contribution in [3.8, 4) is 11.5 Å². The van der Waals surface area contributed by atoms with Crippen molar-refractivity contribution in [1.82, 2.24) is 15.1 Å². The van der Waals surface area contributed by atoms with Crippen molar-refractivity contribution in [3.63, 3.8) is 0 Å². The average Bonchev–Trinajstić information content (AvgIpc) is 3.49. The zero-order valence-electron chi connectivity index (χ0n) is 21.5. The van der Waals surface area contributed by atoms with Crippen LogP contribution < -0.4 is 20.1 Å². The number of rotatable bonds is 5. The van der Waals surface area contributed by atoms with Crippen LogP contribution in [0, 0.1) is 6.92 Å². The number of amides is 3. The van der Waals surface area contributed by atoms with Gasteiger partial charge in [0.15, 0.2) is 11.5 Å². The molecule has 6 rings (SSSR count). The number of ether oxygens (including phenoxy) is 2. The first kappa shape index (κ1) is 24.3. The molecule has 1 spiro atoms. The van der Waals surface area contributed by atoms with Crippen molar-refractivity contribution < 1.29 is 19.1 Å². The number of carbonyl (C=O) groups excluding carboxylic acids is 2. The molecule has 8 nitrogen and oxygen atoms in total. The summed E-state index contributed by atoms with van der Waals surface area (Å²) in [5.74, 6) is 1.52. The van der Waals surface area contributed by atoms with Crippen molar-refractivity contribution in [2.75, 3.05) is 25.2 Å². The van der Waals surface area contributed by atoms with E-state index in [1.807, 2.05) is 77.4 Å². The number of benzene rings is 3. The molecule has 3 aliphatic heterocycles. The maximum atomic E-state index is 13.8. The van der Waals surface area contributed by atoms with Crippen LogP contribution >= 0.6 is 0 Å². The Hall–Kier alpha value is -4.04. The van der Waals surface area contributed by atoms with E-state index >= 15 is 0 Å². The summed E-state index contributed by atoms with van der Waals surface area (Å²) in [5, 5.41) is 6.71.